The van der Waals surface area contributed by atoms with Gasteiger partial charge < -0.3 is 15.2 Å². The van der Waals surface area contributed by atoms with Crippen LogP contribution in [0.5, 0.6) is 0 Å². The van der Waals surface area contributed by atoms with Crippen molar-refractivity contribution >= 4 is 7.12 Å². The van der Waals surface area contributed by atoms with Crippen molar-refractivity contribution in [1.82, 2.24) is 0 Å². The van der Waals surface area contributed by atoms with E-state index in [9.17, 15) is 10.0 Å². The summed E-state index contributed by atoms with van der Waals surface area (Å²) < 4.78 is 0. The highest BCUT2D eigenvalue weighted by Crippen LogP contribution is 2.37. The molecule has 0 saturated carbocycles. The van der Waals surface area contributed by atoms with Gasteiger partial charge in [0.1, 0.15) is 0 Å². The first-order valence-corrected chi connectivity index (χ1v) is 5.39. The molecule has 0 aliphatic rings. The zero-order chi connectivity index (χ0) is 11.2. The molecule has 0 aliphatic heterocycles. The lowest BCUT2D eigenvalue weighted by molar-refractivity contribution is 0.234. The molecule has 0 rings (SSSR count). The highest BCUT2D eigenvalue weighted by molar-refractivity contribution is 6.45. The van der Waals surface area contributed by atoms with Crippen LogP contribution >= 0.6 is 0 Å². The third-order valence-corrected chi connectivity index (χ3v) is 2.84. The Labute approximate surface area is 87.3 Å². The van der Waals surface area contributed by atoms with Crippen molar-refractivity contribution < 1.29 is 15.2 Å². The monoisotopic (exact) mass is 202 g/mol. The second-order valence-corrected chi connectivity index (χ2v) is 4.79. The van der Waals surface area contributed by atoms with E-state index in [1.807, 2.05) is 6.92 Å². The molecule has 0 aromatic heterocycles. The molecule has 1 atom stereocenters. The number of aliphatic hydroxyl groups excluding tert-OH is 1. The number of rotatable bonds is 7. The van der Waals surface area contributed by atoms with E-state index in [4.69, 9.17) is 5.11 Å². The normalized spacial score (nSPS) is 15.6. The van der Waals surface area contributed by atoms with Crippen molar-refractivity contribution in [2.45, 2.75) is 51.8 Å². The topological polar surface area (TPSA) is 60.7 Å². The van der Waals surface area contributed by atoms with Crippen LogP contribution < -0.4 is 0 Å². The van der Waals surface area contributed by atoms with Gasteiger partial charge in [0.05, 0.1) is 0 Å². The SMILES string of the molecule is CC(C)CCCC(C)(CCO)B(O)O. The summed E-state index contributed by atoms with van der Waals surface area (Å²) in [6.07, 6.45) is 3.27. The van der Waals surface area contributed by atoms with Gasteiger partial charge in [-0.15, -0.1) is 0 Å². The Morgan fingerprint density at radius 2 is 1.79 bits per heavy atom. The molecule has 0 aromatic carbocycles. The Kier molecular flexibility index (Phi) is 6.41. The summed E-state index contributed by atoms with van der Waals surface area (Å²) in [7, 11) is -1.33. The largest absolute Gasteiger partial charge is 0.457 e. The second-order valence-electron chi connectivity index (χ2n) is 4.79. The lowest BCUT2D eigenvalue weighted by Crippen LogP contribution is -2.31. The molecule has 1 unspecified atom stereocenters. The van der Waals surface area contributed by atoms with E-state index >= 15 is 0 Å². The second kappa shape index (κ2) is 6.43. The Hall–Kier alpha value is -0.0551. The van der Waals surface area contributed by atoms with Crippen molar-refractivity contribution in [1.29, 1.82) is 0 Å². The third kappa shape index (κ3) is 4.98. The molecule has 0 radical (unpaired) electrons. The minimum Gasteiger partial charge on any atom is -0.427 e. The summed E-state index contributed by atoms with van der Waals surface area (Å²) in [4.78, 5) is 0. The van der Waals surface area contributed by atoms with Crippen molar-refractivity contribution in [3.63, 3.8) is 0 Å². The molecule has 0 aliphatic carbocycles. The lowest BCUT2D eigenvalue weighted by Gasteiger charge is -2.28. The number of hydrogen-bond donors (Lipinski definition) is 3. The zero-order valence-corrected chi connectivity index (χ0v) is 9.53. The molecule has 0 saturated heterocycles. The van der Waals surface area contributed by atoms with Gasteiger partial charge in [-0.1, -0.05) is 33.6 Å². The highest BCUT2D eigenvalue weighted by atomic mass is 16.4. The van der Waals surface area contributed by atoms with Gasteiger partial charge in [-0.05, 0) is 18.8 Å². The molecule has 0 heterocycles. The fraction of sp³-hybridized carbons (Fsp3) is 1.00. The average Bonchev–Trinajstić information content (AvgIpc) is 2.03. The van der Waals surface area contributed by atoms with Gasteiger partial charge in [0.15, 0.2) is 0 Å². The lowest BCUT2D eigenvalue weighted by atomic mass is 9.55. The summed E-state index contributed by atoms with van der Waals surface area (Å²) >= 11 is 0. The van der Waals surface area contributed by atoms with Crippen LogP contribution in [0.15, 0.2) is 0 Å². The van der Waals surface area contributed by atoms with Gasteiger partial charge in [0.25, 0.3) is 0 Å². The van der Waals surface area contributed by atoms with Gasteiger partial charge in [-0.2, -0.15) is 0 Å². The van der Waals surface area contributed by atoms with E-state index in [0.29, 0.717) is 12.3 Å². The van der Waals surface area contributed by atoms with Crippen LogP contribution in [0.25, 0.3) is 0 Å². The highest BCUT2D eigenvalue weighted by Gasteiger charge is 2.36. The van der Waals surface area contributed by atoms with Crippen molar-refractivity contribution in [2.24, 2.45) is 5.92 Å². The third-order valence-electron chi connectivity index (χ3n) is 2.84. The minimum atomic E-state index is -1.33. The molecule has 4 heteroatoms. The van der Waals surface area contributed by atoms with E-state index in [2.05, 4.69) is 13.8 Å². The molecule has 0 bridgehead atoms. The Morgan fingerprint density at radius 3 is 2.14 bits per heavy atom. The summed E-state index contributed by atoms with van der Waals surface area (Å²) in [5, 5.41) is 26.7. The van der Waals surface area contributed by atoms with Gasteiger partial charge in [-0.25, -0.2) is 0 Å². The van der Waals surface area contributed by atoms with E-state index < -0.39 is 12.4 Å². The molecule has 0 amide bonds. The van der Waals surface area contributed by atoms with Crippen LogP contribution in [0, 0.1) is 5.92 Å². The fourth-order valence-electron chi connectivity index (χ4n) is 1.55. The Balaban J connectivity index is 3.96. The molecule has 3 N–H and O–H groups in total. The predicted molar refractivity (Wildman–Crippen MR) is 59.0 cm³/mol. The van der Waals surface area contributed by atoms with Gasteiger partial charge >= 0.3 is 7.12 Å². The summed E-state index contributed by atoms with van der Waals surface area (Å²) in [5.74, 6) is 0.643. The predicted octanol–water partition coefficient (Wildman–Crippen LogP) is 1.43. The van der Waals surface area contributed by atoms with Gasteiger partial charge in [-0.3, -0.25) is 0 Å². The van der Waals surface area contributed by atoms with Crippen LogP contribution in [-0.2, 0) is 0 Å². The molecule has 14 heavy (non-hydrogen) atoms. The van der Waals surface area contributed by atoms with E-state index in [1.165, 1.54) is 0 Å². The molecule has 0 aromatic rings. The summed E-state index contributed by atoms with van der Waals surface area (Å²) in [6, 6.07) is 0. The van der Waals surface area contributed by atoms with Gasteiger partial charge in [0.2, 0.25) is 0 Å². The van der Waals surface area contributed by atoms with Crippen LogP contribution in [0.1, 0.15) is 46.5 Å². The number of aliphatic hydroxyl groups is 1. The van der Waals surface area contributed by atoms with Crippen LogP contribution in [0.3, 0.4) is 0 Å². The maximum Gasteiger partial charge on any atom is 0.457 e. The quantitative estimate of drug-likeness (QED) is 0.547. The van der Waals surface area contributed by atoms with Gasteiger partial charge in [0, 0.05) is 11.9 Å². The maximum atomic E-state index is 9.21. The van der Waals surface area contributed by atoms with Crippen molar-refractivity contribution in [3.05, 3.63) is 0 Å². The summed E-state index contributed by atoms with van der Waals surface area (Å²) in [6.45, 7) is 6.13. The smallest absolute Gasteiger partial charge is 0.427 e. The summed E-state index contributed by atoms with van der Waals surface area (Å²) in [5.41, 5.74) is 0. The van der Waals surface area contributed by atoms with Crippen LogP contribution in [-0.4, -0.2) is 28.9 Å². The molecule has 0 spiro atoms. The van der Waals surface area contributed by atoms with Crippen molar-refractivity contribution in [3.8, 4) is 0 Å². The first-order valence-electron chi connectivity index (χ1n) is 5.39. The van der Waals surface area contributed by atoms with Crippen LogP contribution in [0.2, 0.25) is 5.31 Å². The van der Waals surface area contributed by atoms with Crippen molar-refractivity contribution in [2.75, 3.05) is 6.61 Å². The van der Waals surface area contributed by atoms with E-state index in [0.717, 1.165) is 19.3 Å². The average molecular weight is 202 g/mol. The molecular formula is C10H23BO3. The Morgan fingerprint density at radius 1 is 1.21 bits per heavy atom. The zero-order valence-electron chi connectivity index (χ0n) is 9.53. The van der Waals surface area contributed by atoms with E-state index in [1.54, 1.807) is 0 Å². The maximum absolute atomic E-state index is 9.21. The standard InChI is InChI=1S/C10H23BO3/c1-9(2)5-4-6-10(3,7-8-12)11(13)14/h9,12-14H,4-8H2,1-3H3. The molecule has 3 nitrogen and oxygen atoms in total. The molecule has 84 valence electrons. The fourth-order valence-corrected chi connectivity index (χ4v) is 1.55. The van der Waals surface area contributed by atoms with E-state index in [-0.39, 0.29) is 6.61 Å². The first-order chi connectivity index (χ1) is 6.42. The first kappa shape index (κ1) is 13.9. The molecule has 0 fully saturated rings. The Bertz CT molecular complexity index is 150. The minimum absolute atomic E-state index is 0.00972. The molecular weight excluding hydrogens is 179 g/mol. The van der Waals surface area contributed by atoms with Crippen LogP contribution in [0.4, 0.5) is 0 Å². The number of hydrogen-bond acceptors (Lipinski definition) is 3.